The lowest BCUT2D eigenvalue weighted by Crippen LogP contribution is -2.37. The third-order valence-electron chi connectivity index (χ3n) is 6.60. The number of phosphoric acid groups is 1. The van der Waals surface area contributed by atoms with Gasteiger partial charge in [0.2, 0.25) is 0 Å². The highest BCUT2D eigenvalue weighted by Crippen LogP contribution is 2.43. The van der Waals surface area contributed by atoms with Gasteiger partial charge in [0.25, 0.3) is 0 Å². The van der Waals surface area contributed by atoms with Gasteiger partial charge in [0.1, 0.15) is 13.2 Å². The normalized spacial score (nSPS) is 14.5. The molecule has 2 unspecified atom stereocenters. The Morgan fingerprint density at radius 1 is 0.660 bits per heavy atom. The van der Waals surface area contributed by atoms with Crippen LogP contribution in [0.15, 0.2) is 0 Å². The van der Waals surface area contributed by atoms with Crippen molar-refractivity contribution in [3.63, 3.8) is 0 Å². The number of esters is 4. The van der Waals surface area contributed by atoms with Crippen molar-refractivity contribution in [2.24, 2.45) is 11.1 Å². The van der Waals surface area contributed by atoms with Gasteiger partial charge in [-0.15, -0.1) is 0 Å². The van der Waals surface area contributed by atoms with Gasteiger partial charge in [-0.05, 0) is 25.7 Å². The molecule has 0 fully saturated rings. The molecule has 0 aliphatic rings. The van der Waals surface area contributed by atoms with E-state index < -0.39 is 74.7 Å². The van der Waals surface area contributed by atoms with Gasteiger partial charge in [-0.25, -0.2) is 4.57 Å². The van der Waals surface area contributed by atoms with E-state index in [1.165, 1.54) is 44.9 Å². The molecular formula is C33H62NO12P. The van der Waals surface area contributed by atoms with Crippen LogP contribution in [-0.4, -0.2) is 72.9 Å². The molecule has 276 valence electrons. The molecule has 0 aromatic rings. The number of carbonyl (C=O) groups excluding carboxylic acids is 4. The van der Waals surface area contributed by atoms with E-state index in [-0.39, 0.29) is 25.9 Å². The van der Waals surface area contributed by atoms with Gasteiger partial charge in [-0.2, -0.15) is 0 Å². The van der Waals surface area contributed by atoms with Gasteiger partial charge < -0.3 is 29.6 Å². The number of phosphoric ester groups is 1. The standard InChI is InChI=1S/C33H62NO12P/c1-8-9-10-11-12-13-14-15-16-17-18-19-29(36)41-22-27(45-26(2)35)24-43-47(39,40)44-25-28(46-31(38)20-32(3,4)5)23-42-30(37)21-33(6,7)34/h27-28H,8-25,34H2,1-7H3,(H,39,40)/t27-,28?/m1/s1. The largest absolute Gasteiger partial charge is 0.472 e. The van der Waals surface area contributed by atoms with E-state index in [0.29, 0.717) is 6.42 Å². The summed E-state index contributed by atoms with van der Waals surface area (Å²) < 4.78 is 43.4. The smallest absolute Gasteiger partial charge is 0.462 e. The molecule has 3 N–H and O–H groups in total. The third kappa shape index (κ3) is 29.8. The Labute approximate surface area is 281 Å². The van der Waals surface area contributed by atoms with Crippen LogP contribution in [0.5, 0.6) is 0 Å². The minimum atomic E-state index is -4.78. The molecule has 0 aromatic carbocycles. The fourth-order valence-corrected chi connectivity index (χ4v) is 5.10. The van der Waals surface area contributed by atoms with Crippen LogP contribution < -0.4 is 5.73 Å². The molecule has 13 nitrogen and oxygen atoms in total. The maximum absolute atomic E-state index is 12.6. The molecule has 47 heavy (non-hydrogen) atoms. The molecule has 0 radical (unpaired) electrons. The van der Waals surface area contributed by atoms with Crippen LogP contribution in [-0.2, 0) is 51.7 Å². The summed E-state index contributed by atoms with van der Waals surface area (Å²) in [7, 11) is -4.78. The molecule has 0 rings (SSSR count). The SMILES string of the molecule is CCCCCCCCCCCCCC(=O)OC[C@H](COP(=O)(O)OCC(COC(=O)CC(C)(C)N)OC(=O)CC(C)(C)C)OC(C)=O. The van der Waals surface area contributed by atoms with E-state index >= 15 is 0 Å². The lowest BCUT2D eigenvalue weighted by atomic mass is 9.92. The summed E-state index contributed by atoms with van der Waals surface area (Å²) in [5.41, 5.74) is 4.60. The average molecular weight is 696 g/mol. The minimum Gasteiger partial charge on any atom is -0.462 e. The molecule has 0 bridgehead atoms. The highest BCUT2D eigenvalue weighted by Gasteiger charge is 2.30. The molecule has 0 saturated heterocycles. The molecule has 0 spiro atoms. The quantitative estimate of drug-likeness (QED) is 0.0421. The summed E-state index contributed by atoms with van der Waals surface area (Å²) in [6, 6.07) is 0. The van der Waals surface area contributed by atoms with Crippen LogP contribution in [0.2, 0.25) is 0 Å². The maximum Gasteiger partial charge on any atom is 0.472 e. The summed E-state index contributed by atoms with van der Waals surface area (Å²) in [5.74, 6) is -2.46. The van der Waals surface area contributed by atoms with E-state index in [0.717, 1.165) is 26.2 Å². The van der Waals surface area contributed by atoms with Crippen molar-refractivity contribution in [1.82, 2.24) is 0 Å². The predicted octanol–water partition coefficient (Wildman–Crippen LogP) is 6.31. The van der Waals surface area contributed by atoms with Gasteiger partial charge in [0.05, 0.1) is 26.1 Å². The number of hydrogen-bond acceptors (Lipinski definition) is 12. The topological polar surface area (TPSA) is 187 Å². The van der Waals surface area contributed by atoms with E-state index in [2.05, 4.69) is 6.92 Å². The molecular weight excluding hydrogens is 633 g/mol. The average Bonchev–Trinajstić information content (AvgIpc) is 2.92. The Hall–Kier alpha value is -2.05. The zero-order valence-electron chi connectivity index (χ0n) is 29.8. The first-order chi connectivity index (χ1) is 21.8. The lowest BCUT2D eigenvalue weighted by Gasteiger charge is -2.24. The van der Waals surface area contributed by atoms with Gasteiger partial charge in [-0.3, -0.25) is 28.2 Å². The van der Waals surface area contributed by atoms with E-state index in [1.54, 1.807) is 13.8 Å². The van der Waals surface area contributed by atoms with Crippen molar-refractivity contribution in [2.45, 2.75) is 156 Å². The maximum atomic E-state index is 12.6. The number of hydrogen-bond donors (Lipinski definition) is 2. The van der Waals surface area contributed by atoms with Gasteiger partial charge >= 0.3 is 31.7 Å². The first kappa shape index (κ1) is 45.0. The predicted molar refractivity (Wildman–Crippen MR) is 177 cm³/mol. The van der Waals surface area contributed by atoms with Gasteiger partial charge in [0.15, 0.2) is 12.2 Å². The number of nitrogens with two attached hydrogens (primary N) is 1. The van der Waals surface area contributed by atoms with Gasteiger partial charge in [-0.1, -0.05) is 91.9 Å². The number of rotatable bonds is 27. The number of carbonyl (C=O) groups is 4. The summed E-state index contributed by atoms with van der Waals surface area (Å²) in [6.07, 6.45) is 10.4. The Morgan fingerprint density at radius 2 is 1.11 bits per heavy atom. The van der Waals surface area contributed by atoms with Crippen LogP contribution >= 0.6 is 7.82 Å². The van der Waals surface area contributed by atoms with E-state index in [4.69, 9.17) is 33.7 Å². The molecule has 14 heteroatoms. The van der Waals surface area contributed by atoms with E-state index in [9.17, 15) is 28.6 Å². The van der Waals surface area contributed by atoms with Crippen molar-refractivity contribution in [2.75, 3.05) is 26.4 Å². The van der Waals surface area contributed by atoms with E-state index in [1.807, 2.05) is 20.8 Å². The molecule has 0 saturated carbocycles. The van der Waals surface area contributed by atoms with Crippen LogP contribution in [0.3, 0.4) is 0 Å². The first-order valence-corrected chi connectivity index (χ1v) is 18.4. The molecule has 0 aromatic heterocycles. The van der Waals surface area contributed by atoms with Crippen LogP contribution in [0.25, 0.3) is 0 Å². The van der Waals surface area contributed by atoms with Crippen molar-refractivity contribution in [3.8, 4) is 0 Å². The second-order valence-electron chi connectivity index (χ2n) is 14.0. The van der Waals surface area contributed by atoms with Crippen LogP contribution in [0.1, 0.15) is 138 Å². The summed E-state index contributed by atoms with van der Waals surface area (Å²) in [6.45, 7) is 10.0. The second-order valence-corrected chi connectivity index (χ2v) is 15.4. The van der Waals surface area contributed by atoms with Crippen LogP contribution in [0.4, 0.5) is 0 Å². The Morgan fingerprint density at radius 3 is 1.55 bits per heavy atom. The van der Waals surface area contributed by atoms with Gasteiger partial charge in [0, 0.05) is 18.9 Å². The highest BCUT2D eigenvalue weighted by atomic mass is 31.2. The van der Waals surface area contributed by atoms with Crippen molar-refractivity contribution < 1.29 is 56.6 Å². The molecule has 0 heterocycles. The number of ether oxygens (including phenoxy) is 4. The van der Waals surface area contributed by atoms with Crippen molar-refractivity contribution >= 4 is 31.7 Å². The third-order valence-corrected chi connectivity index (χ3v) is 7.55. The molecule has 3 atom stereocenters. The Kier molecular flexibility index (Phi) is 23.1. The molecule has 0 amide bonds. The van der Waals surface area contributed by atoms with Crippen molar-refractivity contribution in [1.29, 1.82) is 0 Å². The zero-order chi connectivity index (χ0) is 35.9. The zero-order valence-corrected chi connectivity index (χ0v) is 30.7. The summed E-state index contributed by atoms with van der Waals surface area (Å²) in [4.78, 5) is 58.5. The van der Waals surface area contributed by atoms with Crippen LogP contribution in [0, 0.1) is 5.41 Å². The molecule has 0 aliphatic carbocycles. The fraction of sp³-hybridized carbons (Fsp3) is 0.879. The monoisotopic (exact) mass is 695 g/mol. The summed E-state index contributed by atoms with van der Waals surface area (Å²) in [5, 5.41) is 0. The van der Waals surface area contributed by atoms with Crippen molar-refractivity contribution in [3.05, 3.63) is 0 Å². The Bertz CT molecular complexity index is 960. The summed E-state index contributed by atoms with van der Waals surface area (Å²) >= 11 is 0. The fourth-order valence-electron chi connectivity index (χ4n) is 4.32. The second kappa shape index (κ2) is 24.1. The molecule has 0 aliphatic heterocycles. The number of unbranched alkanes of at least 4 members (excludes halogenated alkanes) is 10. The first-order valence-electron chi connectivity index (χ1n) is 16.9. The Balaban J connectivity index is 4.76. The minimum absolute atomic E-state index is 0.0304. The lowest BCUT2D eigenvalue weighted by molar-refractivity contribution is -0.163. The highest BCUT2D eigenvalue weighted by molar-refractivity contribution is 7.47.